The van der Waals surface area contributed by atoms with Gasteiger partial charge in [-0.15, -0.1) is 5.10 Å². The highest BCUT2D eigenvalue weighted by atomic mass is 16.5. The zero-order valence-electron chi connectivity index (χ0n) is 12.1. The summed E-state index contributed by atoms with van der Waals surface area (Å²) in [5.74, 6) is 0. The van der Waals surface area contributed by atoms with Crippen molar-refractivity contribution in [2.24, 2.45) is 0 Å². The Labute approximate surface area is 123 Å². The Morgan fingerprint density at radius 1 is 1.48 bits per heavy atom. The van der Waals surface area contributed by atoms with Gasteiger partial charge in [-0.1, -0.05) is 12.1 Å². The van der Waals surface area contributed by atoms with Crippen molar-refractivity contribution in [3.05, 3.63) is 30.6 Å². The maximum absolute atomic E-state index is 5.49. The van der Waals surface area contributed by atoms with Gasteiger partial charge in [0.2, 0.25) is 0 Å². The van der Waals surface area contributed by atoms with Gasteiger partial charge in [0, 0.05) is 18.6 Å². The number of nitrogens with zero attached hydrogens (tertiary/aromatic N) is 4. The van der Waals surface area contributed by atoms with Crippen LogP contribution in [-0.2, 0) is 4.74 Å². The Morgan fingerprint density at radius 3 is 3.14 bits per heavy atom. The molecule has 0 radical (unpaired) electrons. The van der Waals surface area contributed by atoms with Gasteiger partial charge in [0.05, 0.1) is 24.6 Å². The van der Waals surface area contributed by atoms with Gasteiger partial charge in [0.25, 0.3) is 0 Å². The maximum atomic E-state index is 5.49. The topological polar surface area (TPSA) is 76.9 Å². The molecular weight excluding hydrogens is 268 g/mol. The summed E-state index contributed by atoms with van der Waals surface area (Å²) in [7, 11) is 0. The Bertz CT molecular complexity index is 552. The lowest BCUT2D eigenvalue weighted by molar-refractivity contribution is 0.0731. The lowest BCUT2D eigenvalue weighted by Gasteiger charge is -2.27. The molecule has 2 aromatic rings. The summed E-state index contributed by atoms with van der Waals surface area (Å²) in [6.45, 7) is 4.69. The number of benzene rings is 1. The van der Waals surface area contributed by atoms with Crippen LogP contribution < -0.4 is 10.6 Å². The van der Waals surface area contributed by atoms with Gasteiger partial charge in [-0.2, -0.15) is 4.68 Å². The predicted molar refractivity (Wildman–Crippen MR) is 79.5 cm³/mol. The van der Waals surface area contributed by atoms with Crippen LogP contribution in [0.4, 0.5) is 5.69 Å². The first kappa shape index (κ1) is 14.0. The lowest BCUT2D eigenvalue weighted by atomic mass is 10.1. The number of anilines is 1. The smallest absolute Gasteiger partial charge is 0.143 e. The van der Waals surface area contributed by atoms with E-state index in [1.165, 1.54) is 0 Å². The third kappa shape index (κ3) is 3.56. The molecule has 0 saturated carbocycles. The van der Waals surface area contributed by atoms with Crippen molar-refractivity contribution in [2.75, 3.05) is 25.1 Å². The number of aromatic nitrogens is 4. The molecule has 1 aromatic carbocycles. The van der Waals surface area contributed by atoms with Gasteiger partial charge >= 0.3 is 0 Å². The first-order chi connectivity index (χ1) is 10.3. The normalized spacial score (nSPS) is 20.1. The van der Waals surface area contributed by atoms with E-state index in [1.807, 2.05) is 24.3 Å². The molecule has 0 aliphatic carbocycles. The first-order valence-corrected chi connectivity index (χ1v) is 7.23. The van der Waals surface area contributed by atoms with E-state index in [-0.39, 0.29) is 0 Å². The fourth-order valence-electron chi connectivity index (χ4n) is 2.59. The van der Waals surface area contributed by atoms with Crippen LogP contribution in [0.2, 0.25) is 0 Å². The molecule has 2 heterocycles. The second-order valence-corrected chi connectivity index (χ2v) is 5.28. The number of tetrazole rings is 1. The van der Waals surface area contributed by atoms with Gasteiger partial charge in [0.15, 0.2) is 0 Å². The monoisotopic (exact) mass is 288 g/mol. The minimum atomic E-state index is 0.321. The van der Waals surface area contributed by atoms with Crippen LogP contribution in [0.3, 0.4) is 0 Å². The zero-order valence-corrected chi connectivity index (χ0v) is 12.1. The van der Waals surface area contributed by atoms with Gasteiger partial charge in [-0.05, 0) is 35.9 Å². The highest BCUT2D eigenvalue weighted by Gasteiger charge is 2.17. The molecule has 0 bridgehead atoms. The molecule has 2 unspecified atom stereocenters. The highest BCUT2D eigenvalue weighted by Crippen LogP contribution is 2.20. The van der Waals surface area contributed by atoms with Gasteiger partial charge in [-0.3, -0.25) is 0 Å². The van der Waals surface area contributed by atoms with Crippen LogP contribution >= 0.6 is 0 Å². The van der Waals surface area contributed by atoms with Crippen molar-refractivity contribution in [3.63, 3.8) is 0 Å². The standard InChI is InChI=1S/C14H20N6O/c1-11(8-12-9-21-7-6-15-12)17-13-4-2-3-5-14(13)20-10-16-18-19-20/h2-5,10-12,15,17H,6-9H2,1H3. The van der Waals surface area contributed by atoms with Crippen LogP contribution in [0.5, 0.6) is 0 Å². The number of morpholine rings is 1. The van der Waals surface area contributed by atoms with E-state index in [4.69, 9.17) is 4.74 Å². The molecule has 3 rings (SSSR count). The molecule has 1 fully saturated rings. The molecule has 1 aromatic heterocycles. The molecule has 2 N–H and O–H groups in total. The van der Waals surface area contributed by atoms with Crippen LogP contribution in [-0.4, -0.2) is 52.0 Å². The summed E-state index contributed by atoms with van der Waals surface area (Å²) in [6, 6.07) is 8.74. The molecule has 1 aliphatic heterocycles. The summed E-state index contributed by atoms with van der Waals surface area (Å²) in [5, 5.41) is 18.3. The van der Waals surface area contributed by atoms with E-state index in [0.717, 1.165) is 37.6 Å². The van der Waals surface area contributed by atoms with Gasteiger partial charge < -0.3 is 15.4 Å². The first-order valence-electron chi connectivity index (χ1n) is 7.23. The van der Waals surface area contributed by atoms with Gasteiger partial charge in [-0.25, -0.2) is 0 Å². The average Bonchev–Trinajstić information content (AvgIpc) is 3.03. The van der Waals surface area contributed by atoms with Crippen LogP contribution in [0.25, 0.3) is 5.69 Å². The molecule has 2 atom stereocenters. The summed E-state index contributed by atoms with van der Waals surface area (Å²) in [5.41, 5.74) is 1.97. The van der Waals surface area contributed by atoms with Crippen molar-refractivity contribution >= 4 is 5.69 Å². The molecule has 1 saturated heterocycles. The van der Waals surface area contributed by atoms with Crippen LogP contribution in [0, 0.1) is 0 Å². The van der Waals surface area contributed by atoms with Crippen molar-refractivity contribution in [3.8, 4) is 5.69 Å². The third-order valence-electron chi connectivity index (χ3n) is 3.54. The Hall–Kier alpha value is -1.99. The molecule has 21 heavy (non-hydrogen) atoms. The minimum absolute atomic E-state index is 0.321. The molecule has 112 valence electrons. The molecule has 1 aliphatic rings. The zero-order chi connectivity index (χ0) is 14.5. The van der Waals surface area contributed by atoms with E-state index in [0.29, 0.717) is 12.1 Å². The molecule has 0 spiro atoms. The Morgan fingerprint density at radius 2 is 2.38 bits per heavy atom. The number of nitrogens with one attached hydrogen (secondary N) is 2. The number of hydrogen-bond donors (Lipinski definition) is 2. The molecule has 7 heteroatoms. The number of hydrogen-bond acceptors (Lipinski definition) is 6. The largest absolute Gasteiger partial charge is 0.381 e. The van der Waals surface area contributed by atoms with E-state index in [1.54, 1.807) is 11.0 Å². The Balaban J connectivity index is 1.67. The molecular formula is C14H20N6O. The van der Waals surface area contributed by atoms with Crippen molar-refractivity contribution < 1.29 is 4.74 Å². The second-order valence-electron chi connectivity index (χ2n) is 5.28. The summed E-state index contributed by atoms with van der Waals surface area (Å²) in [4.78, 5) is 0. The fourth-order valence-corrected chi connectivity index (χ4v) is 2.59. The van der Waals surface area contributed by atoms with E-state index in [2.05, 4.69) is 33.1 Å². The van der Waals surface area contributed by atoms with Crippen LogP contribution in [0.15, 0.2) is 30.6 Å². The Kier molecular flexibility index (Phi) is 4.42. The SMILES string of the molecule is CC(CC1COCCN1)Nc1ccccc1-n1cnnn1. The maximum Gasteiger partial charge on any atom is 0.143 e. The van der Waals surface area contributed by atoms with Crippen molar-refractivity contribution in [1.82, 2.24) is 25.5 Å². The fraction of sp³-hybridized carbons (Fsp3) is 0.500. The summed E-state index contributed by atoms with van der Waals surface area (Å²) in [6.07, 6.45) is 2.60. The third-order valence-corrected chi connectivity index (χ3v) is 3.54. The summed E-state index contributed by atoms with van der Waals surface area (Å²) >= 11 is 0. The predicted octanol–water partition coefficient (Wildman–Crippen LogP) is 0.841. The average molecular weight is 288 g/mol. The lowest BCUT2D eigenvalue weighted by Crippen LogP contribution is -2.43. The quantitative estimate of drug-likeness (QED) is 0.849. The van der Waals surface area contributed by atoms with Crippen molar-refractivity contribution in [1.29, 1.82) is 0 Å². The molecule has 0 amide bonds. The summed E-state index contributed by atoms with van der Waals surface area (Å²) < 4.78 is 7.16. The van der Waals surface area contributed by atoms with E-state index >= 15 is 0 Å². The number of rotatable bonds is 5. The van der Waals surface area contributed by atoms with Crippen LogP contribution in [0.1, 0.15) is 13.3 Å². The second kappa shape index (κ2) is 6.64. The molecule has 7 nitrogen and oxygen atoms in total. The van der Waals surface area contributed by atoms with Gasteiger partial charge in [0.1, 0.15) is 6.33 Å². The minimum Gasteiger partial charge on any atom is -0.381 e. The number of para-hydroxylation sites is 2. The highest BCUT2D eigenvalue weighted by molar-refractivity contribution is 5.60. The van der Waals surface area contributed by atoms with Crippen molar-refractivity contribution in [2.45, 2.75) is 25.4 Å². The van der Waals surface area contributed by atoms with E-state index < -0.39 is 0 Å². The van der Waals surface area contributed by atoms with E-state index in [9.17, 15) is 0 Å². The number of ether oxygens (including phenoxy) is 1.